The van der Waals surface area contributed by atoms with Gasteiger partial charge in [0, 0.05) is 18.8 Å². The molecule has 3 N–H and O–H groups in total. The zero-order valence-corrected chi connectivity index (χ0v) is 18.2. The fourth-order valence-electron chi connectivity index (χ4n) is 4.79. The maximum atomic E-state index is 14.7. The van der Waals surface area contributed by atoms with Crippen LogP contribution in [-0.2, 0) is 9.53 Å². The number of amides is 1. The van der Waals surface area contributed by atoms with Crippen molar-refractivity contribution in [1.29, 1.82) is 0 Å². The fraction of sp³-hybridized carbons (Fsp3) is 0.435. The van der Waals surface area contributed by atoms with Gasteiger partial charge in [-0.3, -0.25) is 10.2 Å². The molecule has 3 aliphatic rings. The molecule has 0 spiro atoms. The molecule has 32 heavy (non-hydrogen) atoms. The number of hydrazine groups is 2. The lowest BCUT2D eigenvalue weighted by atomic mass is 9.87. The Morgan fingerprint density at radius 1 is 1.06 bits per heavy atom. The molecule has 0 aliphatic carbocycles. The molecule has 3 saturated heterocycles. The smallest absolute Gasteiger partial charge is 0.246 e. The molecule has 170 valence electrons. The lowest BCUT2D eigenvalue weighted by Gasteiger charge is -2.40. The molecule has 5 rings (SSSR count). The number of fused-ring (bicyclic) bond motifs is 1. The van der Waals surface area contributed by atoms with Crippen molar-refractivity contribution in [3.63, 3.8) is 0 Å². The Morgan fingerprint density at radius 2 is 1.81 bits per heavy atom. The van der Waals surface area contributed by atoms with E-state index < -0.39 is 5.82 Å². The van der Waals surface area contributed by atoms with Crippen molar-refractivity contribution < 1.29 is 18.7 Å². The Labute approximate surface area is 186 Å². The number of rotatable bonds is 4. The molecule has 2 aromatic rings. The molecule has 0 bridgehead atoms. The van der Waals surface area contributed by atoms with Gasteiger partial charge in [-0.2, -0.15) is 0 Å². The number of carbonyl (C=O) groups is 1. The van der Waals surface area contributed by atoms with E-state index in [1.165, 1.54) is 18.2 Å². The van der Waals surface area contributed by atoms with Crippen molar-refractivity contribution in [2.24, 2.45) is 5.92 Å². The molecule has 0 radical (unpaired) electrons. The first-order chi connectivity index (χ1) is 15.6. The highest BCUT2D eigenvalue weighted by molar-refractivity contribution is 5.97. The highest BCUT2D eigenvalue weighted by atomic mass is 19.1. The number of ether oxygens (including phenoxy) is 2. The topological polar surface area (TPSA) is 78.1 Å². The molecule has 3 fully saturated rings. The van der Waals surface area contributed by atoms with Crippen molar-refractivity contribution in [2.45, 2.75) is 25.0 Å². The third kappa shape index (κ3) is 3.61. The second-order valence-electron chi connectivity index (χ2n) is 8.39. The van der Waals surface area contributed by atoms with Gasteiger partial charge in [0.1, 0.15) is 11.4 Å². The number of anilines is 2. The lowest BCUT2D eigenvalue weighted by Crippen LogP contribution is -2.64. The third-order valence-electron chi connectivity index (χ3n) is 6.60. The van der Waals surface area contributed by atoms with E-state index in [-0.39, 0.29) is 35.6 Å². The second-order valence-corrected chi connectivity index (χ2v) is 8.39. The molecule has 3 heterocycles. The fourth-order valence-corrected chi connectivity index (χ4v) is 4.79. The highest BCUT2D eigenvalue weighted by Gasteiger charge is 2.49. The number of methoxy groups -OCH3 is 1. The second kappa shape index (κ2) is 8.67. The van der Waals surface area contributed by atoms with E-state index in [0.29, 0.717) is 5.75 Å². The van der Waals surface area contributed by atoms with Crippen molar-refractivity contribution in [3.8, 4) is 5.75 Å². The standard InChI is InChI=1S/C23H28FN5O3/c1-14-19-21(27-29(23(14)30)22-17(24)4-3-5-18(22)31-2)20(26-25-19)15-6-8-16(9-7-15)28-10-12-32-13-11-28/h3-9,14,19-21,25-27H,10-13H2,1-2H3. The van der Waals surface area contributed by atoms with Crippen LogP contribution in [0.15, 0.2) is 42.5 Å². The van der Waals surface area contributed by atoms with E-state index >= 15 is 0 Å². The van der Waals surface area contributed by atoms with Crippen LogP contribution in [0.1, 0.15) is 18.5 Å². The zero-order chi connectivity index (χ0) is 22.2. The van der Waals surface area contributed by atoms with E-state index in [4.69, 9.17) is 9.47 Å². The number of hydrogen-bond acceptors (Lipinski definition) is 7. The third-order valence-corrected chi connectivity index (χ3v) is 6.60. The van der Waals surface area contributed by atoms with Gasteiger partial charge in [-0.1, -0.05) is 25.1 Å². The van der Waals surface area contributed by atoms with Gasteiger partial charge in [0.2, 0.25) is 5.91 Å². The summed E-state index contributed by atoms with van der Waals surface area (Å²) < 4.78 is 25.5. The molecule has 3 aliphatic heterocycles. The Balaban J connectivity index is 1.41. The Morgan fingerprint density at radius 3 is 2.53 bits per heavy atom. The number of halogens is 1. The minimum atomic E-state index is -0.513. The number of benzene rings is 2. The van der Waals surface area contributed by atoms with E-state index in [2.05, 4.69) is 45.4 Å². The summed E-state index contributed by atoms with van der Waals surface area (Å²) in [5.41, 5.74) is 12.2. The predicted octanol–water partition coefficient (Wildman–Crippen LogP) is 1.74. The first-order valence-electron chi connectivity index (χ1n) is 10.9. The minimum absolute atomic E-state index is 0.102. The van der Waals surface area contributed by atoms with Gasteiger partial charge < -0.3 is 14.4 Å². The monoisotopic (exact) mass is 441 g/mol. The normalized spacial score (nSPS) is 28.0. The summed E-state index contributed by atoms with van der Waals surface area (Å²) in [5, 5.41) is 1.31. The van der Waals surface area contributed by atoms with Gasteiger partial charge >= 0.3 is 0 Å². The summed E-state index contributed by atoms with van der Waals surface area (Å²) in [6, 6.07) is 12.6. The van der Waals surface area contributed by atoms with Crippen LogP contribution in [0, 0.1) is 11.7 Å². The molecule has 2 aromatic carbocycles. The van der Waals surface area contributed by atoms with Crippen molar-refractivity contribution in [1.82, 2.24) is 16.3 Å². The van der Waals surface area contributed by atoms with Gasteiger partial charge in [0.05, 0.1) is 44.4 Å². The van der Waals surface area contributed by atoms with Crippen molar-refractivity contribution in [3.05, 3.63) is 53.8 Å². The van der Waals surface area contributed by atoms with Crippen LogP contribution < -0.4 is 30.9 Å². The summed E-state index contributed by atoms with van der Waals surface area (Å²) in [4.78, 5) is 15.4. The number of hydrogen-bond donors (Lipinski definition) is 3. The van der Waals surface area contributed by atoms with Crippen LogP contribution in [0.4, 0.5) is 15.8 Å². The SMILES string of the molecule is COc1cccc(F)c1N1NC2C(c3ccc(N4CCOCC4)cc3)NNC2C(C)C1=O. The predicted molar refractivity (Wildman–Crippen MR) is 119 cm³/mol. The highest BCUT2D eigenvalue weighted by Crippen LogP contribution is 2.37. The Kier molecular flexibility index (Phi) is 5.73. The van der Waals surface area contributed by atoms with Gasteiger partial charge in [-0.05, 0) is 29.8 Å². The molecule has 4 unspecified atom stereocenters. The largest absolute Gasteiger partial charge is 0.494 e. The molecule has 8 nitrogen and oxygen atoms in total. The van der Waals surface area contributed by atoms with Crippen LogP contribution in [0.2, 0.25) is 0 Å². The average molecular weight is 442 g/mol. The van der Waals surface area contributed by atoms with Gasteiger partial charge in [-0.25, -0.2) is 20.3 Å². The maximum Gasteiger partial charge on any atom is 0.246 e. The summed E-state index contributed by atoms with van der Waals surface area (Å²) in [6.45, 7) is 5.11. The molecule has 9 heteroatoms. The quantitative estimate of drug-likeness (QED) is 0.667. The molecular weight excluding hydrogens is 413 g/mol. The molecule has 0 saturated carbocycles. The first-order valence-corrected chi connectivity index (χ1v) is 10.9. The summed E-state index contributed by atoms with van der Waals surface area (Å²) in [6.07, 6.45) is 0. The van der Waals surface area contributed by atoms with Gasteiger partial charge in [0.25, 0.3) is 0 Å². The van der Waals surface area contributed by atoms with Crippen LogP contribution >= 0.6 is 0 Å². The Hall–Kier alpha value is -2.72. The summed E-state index contributed by atoms with van der Waals surface area (Å²) >= 11 is 0. The zero-order valence-electron chi connectivity index (χ0n) is 18.2. The van der Waals surface area contributed by atoms with Crippen molar-refractivity contribution >= 4 is 17.3 Å². The first kappa shape index (κ1) is 21.1. The summed E-state index contributed by atoms with van der Waals surface area (Å²) in [5.74, 6) is -0.786. The number of morpholine rings is 1. The number of nitrogens with zero attached hydrogens (tertiary/aromatic N) is 2. The van der Waals surface area contributed by atoms with E-state index in [9.17, 15) is 9.18 Å². The molecule has 4 atom stereocenters. The number of carbonyl (C=O) groups excluding carboxylic acids is 1. The van der Waals surface area contributed by atoms with E-state index in [1.807, 2.05) is 6.92 Å². The molecule has 0 aromatic heterocycles. The van der Waals surface area contributed by atoms with Crippen LogP contribution in [0.3, 0.4) is 0 Å². The lowest BCUT2D eigenvalue weighted by molar-refractivity contribution is -0.125. The van der Waals surface area contributed by atoms with Crippen LogP contribution in [-0.4, -0.2) is 51.4 Å². The maximum absolute atomic E-state index is 14.7. The van der Waals surface area contributed by atoms with Gasteiger partial charge in [0.15, 0.2) is 5.82 Å². The van der Waals surface area contributed by atoms with Crippen molar-refractivity contribution in [2.75, 3.05) is 43.3 Å². The van der Waals surface area contributed by atoms with Crippen LogP contribution in [0.25, 0.3) is 0 Å². The molecule has 1 amide bonds. The minimum Gasteiger partial charge on any atom is -0.494 e. The van der Waals surface area contributed by atoms with E-state index in [1.54, 1.807) is 12.1 Å². The number of para-hydroxylation sites is 1. The molecular formula is C23H28FN5O3. The average Bonchev–Trinajstić information content (AvgIpc) is 3.26. The number of nitrogens with one attached hydrogen (secondary N) is 3. The Bertz CT molecular complexity index is 982. The van der Waals surface area contributed by atoms with E-state index in [0.717, 1.165) is 37.6 Å². The van der Waals surface area contributed by atoms with Crippen LogP contribution in [0.5, 0.6) is 5.75 Å². The summed E-state index contributed by atoms with van der Waals surface area (Å²) in [7, 11) is 1.47. The van der Waals surface area contributed by atoms with Gasteiger partial charge in [-0.15, -0.1) is 0 Å².